The Morgan fingerprint density at radius 1 is 1.23 bits per heavy atom. The molecule has 0 aliphatic heterocycles. The van der Waals surface area contributed by atoms with E-state index in [0.717, 1.165) is 10.9 Å². The van der Waals surface area contributed by atoms with Crippen LogP contribution in [0.3, 0.4) is 0 Å². The number of nitro groups is 1. The van der Waals surface area contributed by atoms with Gasteiger partial charge in [-0.25, -0.2) is 0 Å². The van der Waals surface area contributed by atoms with E-state index in [1.807, 2.05) is 25.1 Å². The molecule has 30 heavy (non-hydrogen) atoms. The molecule has 0 bridgehead atoms. The average Bonchev–Trinajstić information content (AvgIpc) is 3.09. The molecule has 3 rings (SSSR count). The summed E-state index contributed by atoms with van der Waals surface area (Å²) in [6.45, 7) is 3.32. The first-order chi connectivity index (χ1) is 14.3. The van der Waals surface area contributed by atoms with E-state index in [1.165, 1.54) is 38.5 Å². The minimum absolute atomic E-state index is 0.0232. The van der Waals surface area contributed by atoms with Crippen molar-refractivity contribution >= 4 is 34.2 Å². The molecule has 0 radical (unpaired) electrons. The van der Waals surface area contributed by atoms with Crippen molar-refractivity contribution in [3.8, 4) is 5.75 Å². The highest BCUT2D eigenvalue weighted by Gasteiger charge is 2.23. The number of carbonyl (C=O) groups is 2. The minimum Gasteiger partial charge on any atom is -0.496 e. The lowest BCUT2D eigenvalue weighted by molar-refractivity contribution is -0.384. The van der Waals surface area contributed by atoms with Gasteiger partial charge in [-0.05, 0) is 37.6 Å². The van der Waals surface area contributed by atoms with E-state index in [2.05, 4.69) is 5.32 Å². The number of fused-ring (bicyclic) bond motifs is 1. The number of hydrogen-bond donors (Lipinski definition) is 1. The fourth-order valence-corrected chi connectivity index (χ4v) is 2.90. The minimum atomic E-state index is -1.15. The zero-order valence-electron chi connectivity index (χ0n) is 16.6. The molecule has 1 heterocycles. The largest absolute Gasteiger partial charge is 0.496 e. The number of anilines is 1. The lowest BCUT2D eigenvalue weighted by Gasteiger charge is -2.14. The summed E-state index contributed by atoms with van der Waals surface area (Å²) >= 11 is 0. The van der Waals surface area contributed by atoms with Gasteiger partial charge in [-0.1, -0.05) is 12.1 Å². The molecule has 0 fully saturated rings. The number of esters is 1. The molecular weight excluding hydrogens is 392 g/mol. The number of hydrogen-bond acceptors (Lipinski definition) is 7. The standard InChI is InChI=1S/C21H20N2O7/c1-12-4-6-16-14(11-29-19(16)8-12)9-20(24)30-13(2)21(25)22-17-7-5-15(28-3)10-18(17)23(26)27/h4-8,10-11,13H,9H2,1-3H3,(H,22,25)/t13-/m1/s1. The SMILES string of the molecule is COc1ccc(NC(=O)[C@@H](C)OC(=O)Cc2coc3cc(C)ccc23)c([N+](=O)[O-])c1. The lowest BCUT2D eigenvalue weighted by atomic mass is 10.1. The van der Waals surface area contributed by atoms with Gasteiger partial charge in [0.05, 0.1) is 30.8 Å². The number of methoxy groups -OCH3 is 1. The van der Waals surface area contributed by atoms with Crippen LogP contribution in [0.1, 0.15) is 18.1 Å². The Bertz CT molecular complexity index is 1120. The van der Waals surface area contributed by atoms with Crippen molar-refractivity contribution in [2.45, 2.75) is 26.4 Å². The summed E-state index contributed by atoms with van der Waals surface area (Å²) in [5, 5.41) is 14.4. The summed E-state index contributed by atoms with van der Waals surface area (Å²) in [5.74, 6) is -1.03. The fraction of sp³-hybridized carbons (Fsp3) is 0.238. The second-order valence-electron chi connectivity index (χ2n) is 6.70. The fourth-order valence-electron chi connectivity index (χ4n) is 2.90. The van der Waals surface area contributed by atoms with Crippen LogP contribution in [0.2, 0.25) is 0 Å². The monoisotopic (exact) mass is 412 g/mol. The van der Waals surface area contributed by atoms with Crippen molar-refractivity contribution in [1.82, 2.24) is 0 Å². The van der Waals surface area contributed by atoms with Gasteiger partial charge in [0.1, 0.15) is 17.0 Å². The summed E-state index contributed by atoms with van der Waals surface area (Å²) in [5.41, 5.74) is 1.99. The number of ether oxygens (including phenoxy) is 2. The molecule has 0 spiro atoms. The maximum absolute atomic E-state index is 12.4. The molecule has 1 aromatic heterocycles. The maximum atomic E-state index is 12.4. The Balaban J connectivity index is 1.65. The van der Waals surface area contributed by atoms with Crippen LogP contribution in [-0.2, 0) is 20.7 Å². The summed E-state index contributed by atoms with van der Waals surface area (Å²) < 4.78 is 15.6. The van der Waals surface area contributed by atoms with E-state index in [9.17, 15) is 19.7 Å². The van der Waals surface area contributed by atoms with Gasteiger partial charge in [0.25, 0.3) is 11.6 Å². The predicted octanol–water partition coefficient (Wildman–Crippen LogP) is 3.77. The number of amides is 1. The molecule has 1 atom stereocenters. The van der Waals surface area contributed by atoms with Crippen LogP contribution in [0, 0.1) is 17.0 Å². The molecule has 0 aliphatic rings. The smallest absolute Gasteiger partial charge is 0.311 e. The first-order valence-electron chi connectivity index (χ1n) is 9.08. The summed E-state index contributed by atoms with van der Waals surface area (Å²) in [6, 6.07) is 9.65. The van der Waals surface area contributed by atoms with E-state index >= 15 is 0 Å². The van der Waals surface area contributed by atoms with Crippen molar-refractivity contribution in [3.05, 3.63) is 63.9 Å². The first kappa shape index (κ1) is 20.8. The molecule has 0 saturated heterocycles. The van der Waals surface area contributed by atoms with Crippen molar-refractivity contribution in [2.24, 2.45) is 0 Å². The second kappa shape index (κ2) is 8.64. The van der Waals surface area contributed by atoms with Gasteiger partial charge in [0, 0.05) is 10.9 Å². The highest BCUT2D eigenvalue weighted by Crippen LogP contribution is 2.29. The molecule has 3 aromatic rings. The third-order valence-corrected chi connectivity index (χ3v) is 4.48. The van der Waals surface area contributed by atoms with Gasteiger partial charge >= 0.3 is 5.97 Å². The van der Waals surface area contributed by atoms with Crippen molar-refractivity contribution < 1.29 is 28.4 Å². The third kappa shape index (κ3) is 4.57. The summed E-state index contributed by atoms with van der Waals surface area (Å²) in [4.78, 5) is 35.2. The highest BCUT2D eigenvalue weighted by molar-refractivity contribution is 5.97. The quantitative estimate of drug-likeness (QED) is 0.356. The molecule has 156 valence electrons. The zero-order chi connectivity index (χ0) is 21.8. The Morgan fingerprint density at radius 3 is 2.70 bits per heavy atom. The molecule has 1 amide bonds. The Morgan fingerprint density at radius 2 is 2.00 bits per heavy atom. The number of benzene rings is 2. The molecule has 9 nitrogen and oxygen atoms in total. The van der Waals surface area contributed by atoms with Gasteiger partial charge in [0.15, 0.2) is 6.10 Å². The Labute approximate surface area is 171 Å². The topological polar surface area (TPSA) is 121 Å². The molecule has 1 N–H and O–H groups in total. The van der Waals surface area contributed by atoms with Gasteiger partial charge in [0.2, 0.25) is 0 Å². The van der Waals surface area contributed by atoms with Crippen LogP contribution in [0.15, 0.2) is 47.1 Å². The molecule has 0 unspecified atom stereocenters. The molecule has 0 aliphatic carbocycles. The Kier molecular flexibility index (Phi) is 6.01. The molecule has 9 heteroatoms. The van der Waals surface area contributed by atoms with Crippen LogP contribution in [0.5, 0.6) is 5.75 Å². The van der Waals surface area contributed by atoms with E-state index < -0.39 is 22.9 Å². The zero-order valence-corrected chi connectivity index (χ0v) is 16.6. The van der Waals surface area contributed by atoms with Crippen LogP contribution < -0.4 is 10.1 Å². The lowest BCUT2D eigenvalue weighted by Crippen LogP contribution is -2.30. The van der Waals surface area contributed by atoms with Gasteiger partial charge in [-0.2, -0.15) is 0 Å². The van der Waals surface area contributed by atoms with Crippen molar-refractivity contribution in [1.29, 1.82) is 0 Å². The first-order valence-corrected chi connectivity index (χ1v) is 9.08. The van der Waals surface area contributed by atoms with Gasteiger partial charge in [-0.3, -0.25) is 19.7 Å². The maximum Gasteiger partial charge on any atom is 0.311 e. The number of nitrogens with zero attached hydrogens (tertiary/aromatic N) is 1. The summed E-state index contributed by atoms with van der Waals surface area (Å²) in [7, 11) is 1.38. The molecular formula is C21H20N2O7. The van der Waals surface area contributed by atoms with Gasteiger partial charge in [-0.15, -0.1) is 0 Å². The summed E-state index contributed by atoms with van der Waals surface area (Å²) in [6.07, 6.45) is 0.257. The normalized spacial score (nSPS) is 11.7. The van der Waals surface area contributed by atoms with Crippen LogP contribution in [0.25, 0.3) is 11.0 Å². The van der Waals surface area contributed by atoms with Crippen molar-refractivity contribution in [2.75, 3.05) is 12.4 Å². The van der Waals surface area contributed by atoms with E-state index in [-0.39, 0.29) is 23.5 Å². The van der Waals surface area contributed by atoms with Crippen LogP contribution in [-0.4, -0.2) is 30.0 Å². The number of aryl methyl sites for hydroxylation is 1. The van der Waals surface area contributed by atoms with Crippen molar-refractivity contribution in [3.63, 3.8) is 0 Å². The second-order valence-corrected chi connectivity index (χ2v) is 6.70. The highest BCUT2D eigenvalue weighted by atomic mass is 16.6. The van der Waals surface area contributed by atoms with E-state index in [1.54, 1.807) is 0 Å². The van der Waals surface area contributed by atoms with Crippen LogP contribution >= 0.6 is 0 Å². The van der Waals surface area contributed by atoms with E-state index in [4.69, 9.17) is 13.9 Å². The van der Waals surface area contributed by atoms with Crippen LogP contribution in [0.4, 0.5) is 11.4 Å². The molecule has 0 saturated carbocycles. The van der Waals surface area contributed by atoms with E-state index in [0.29, 0.717) is 11.1 Å². The van der Waals surface area contributed by atoms with Gasteiger partial charge < -0.3 is 19.2 Å². The predicted molar refractivity (Wildman–Crippen MR) is 108 cm³/mol. The number of nitrogens with one attached hydrogen (secondary N) is 1. The number of nitro benzene ring substituents is 1. The average molecular weight is 412 g/mol. The Hall–Kier alpha value is -3.88. The number of furan rings is 1. The number of carbonyl (C=O) groups excluding carboxylic acids is 2. The number of rotatable bonds is 7. The third-order valence-electron chi connectivity index (χ3n) is 4.48. The molecule has 2 aromatic carbocycles.